The number of nitrogens with one attached hydrogen (secondary N) is 2. The van der Waals surface area contributed by atoms with Crippen LogP contribution in [0.15, 0.2) is 30.3 Å². The molecular formula is C12H21N2O8PS2. The Hall–Kier alpha value is -1.01. The van der Waals surface area contributed by atoms with E-state index in [9.17, 15) is 21.4 Å². The molecule has 0 bridgehead atoms. The second kappa shape index (κ2) is 9.62. The standard InChI is InChI=1S/C12H21N2O8PS2/c1-24(16,17)20-10-8-13-23(15,14-9-11-21-25(2,18)19)22-12-6-4-3-5-7-12/h3-7H,8-11H2,1-2H3,(H2,13,14,15). The molecule has 144 valence electrons. The minimum Gasteiger partial charge on any atom is -0.422 e. The zero-order chi connectivity index (χ0) is 19.0. The van der Waals surface area contributed by atoms with Gasteiger partial charge in [-0.3, -0.25) is 8.37 Å². The predicted molar refractivity (Wildman–Crippen MR) is 92.3 cm³/mol. The molecule has 2 N–H and O–H groups in total. The summed E-state index contributed by atoms with van der Waals surface area (Å²) in [5.74, 6) is 0.305. The molecule has 10 nitrogen and oxygen atoms in total. The van der Waals surface area contributed by atoms with E-state index < -0.39 is 27.9 Å². The fraction of sp³-hybridized carbons (Fsp3) is 0.500. The van der Waals surface area contributed by atoms with Crippen LogP contribution >= 0.6 is 7.67 Å². The number of benzene rings is 1. The molecule has 0 saturated heterocycles. The first-order valence-corrected chi connectivity index (χ1v) is 12.3. The second-order valence-electron chi connectivity index (χ2n) is 4.82. The zero-order valence-corrected chi connectivity index (χ0v) is 16.3. The van der Waals surface area contributed by atoms with E-state index in [1.54, 1.807) is 30.3 Å². The van der Waals surface area contributed by atoms with Crippen LogP contribution in [-0.4, -0.2) is 55.7 Å². The molecule has 0 heterocycles. The van der Waals surface area contributed by atoms with Crippen molar-refractivity contribution in [2.45, 2.75) is 0 Å². The summed E-state index contributed by atoms with van der Waals surface area (Å²) in [6, 6.07) is 8.27. The predicted octanol–water partition coefficient (Wildman–Crippen LogP) is 0.305. The summed E-state index contributed by atoms with van der Waals surface area (Å²) in [7, 11) is -10.9. The molecule has 0 unspecified atom stereocenters. The SMILES string of the molecule is CS(=O)(=O)OCCNP(=O)(NCCOS(C)(=O)=O)Oc1ccccc1. The summed E-state index contributed by atoms with van der Waals surface area (Å²) in [5.41, 5.74) is 0. The monoisotopic (exact) mass is 416 g/mol. The number of para-hydroxylation sites is 1. The van der Waals surface area contributed by atoms with Gasteiger partial charge in [0.1, 0.15) is 5.75 Å². The molecule has 0 aliphatic heterocycles. The van der Waals surface area contributed by atoms with Gasteiger partial charge in [0.15, 0.2) is 0 Å². The van der Waals surface area contributed by atoms with E-state index in [0.29, 0.717) is 5.75 Å². The van der Waals surface area contributed by atoms with Crippen LogP contribution in [0.1, 0.15) is 0 Å². The molecule has 0 aliphatic rings. The molecule has 0 saturated carbocycles. The van der Waals surface area contributed by atoms with Gasteiger partial charge in [-0.2, -0.15) is 16.8 Å². The van der Waals surface area contributed by atoms with Gasteiger partial charge in [0.2, 0.25) is 0 Å². The highest BCUT2D eigenvalue weighted by Crippen LogP contribution is 2.38. The third kappa shape index (κ3) is 11.3. The van der Waals surface area contributed by atoms with Crippen LogP contribution in [0.4, 0.5) is 0 Å². The van der Waals surface area contributed by atoms with Gasteiger partial charge in [-0.25, -0.2) is 14.7 Å². The first kappa shape index (κ1) is 22.0. The first-order valence-electron chi connectivity index (χ1n) is 7.03. The highest BCUT2D eigenvalue weighted by molar-refractivity contribution is 7.86. The van der Waals surface area contributed by atoms with Crippen molar-refractivity contribution in [2.24, 2.45) is 0 Å². The van der Waals surface area contributed by atoms with Crippen LogP contribution in [0.25, 0.3) is 0 Å². The van der Waals surface area contributed by atoms with Crippen molar-refractivity contribution < 1.29 is 34.3 Å². The Balaban J connectivity index is 2.63. The molecule has 0 radical (unpaired) electrons. The van der Waals surface area contributed by atoms with Gasteiger partial charge in [-0.15, -0.1) is 0 Å². The summed E-state index contributed by atoms with van der Waals surface area (Å²) in [6.45, 7) is -0.667. The van der Waals surface area contributed by atoms with E-state index in [1.165, 1.54) is 0 Å². The normalized spacial score (nSPS) is 12.9. The Labute approximate surface area is 147 Å². The molecule has 0 atom stereocenters. The quantitative estimate of drug-likeness (QED) is 0.278. The Morgan fingerprint density at radius 1 is 0.880 bits per heavy atom. The lowest BCUT2D eigenvalue weighted by Gasteiger charge is -2.21. The summed E-state index contributed by atoms with van der Waals surface area (Å²) in [4.78, 5) is 0. The van der Waals surface area contributed by atoms with Crippen LogP contribution in [0.5, 0.6) is 5.75 Å². The van der Waals surface area contributed by atoms with Crippen molar-refractivity contribution in [3.63, 3.8) is 0 Å². The third-order valence-electron chi connectivity index (χ3n) is 2.42. The second-order valence-corrected chi connectivity index (χ2v) is 10.0. The topological polar surface area (TPSA) is 137 Å². The zero-order valence-electron chi connectivity index (χ0n) is 13.7. The minimum atomic E-state index is -3.65. The molecule has 0 fully saturated rings. The molecule has 25 heavy (non-hydrogen) atoms. The average Bonchev–Trinajstić information content (AvgIpc) is 2.48. The van der Waals surface area contributed by atoms with Gasteiger partial charge < -0.3 is 4.52 Å². The Kier molecular flexibility index (Phi) is 8.48. The summed E-state index contributed by atoms with van der Waals surface area (Å²) >= 11 is 0. The number of hydrogen-bond donors (Lipinski definition) is 2. The third-order valence-corrected chi connectivity index (χ3v) is 5.35. The van der Waals surface area contributed by atoms with Crippen LogP contribution < -0.4 is 14.7 Å². The smallest absolute Gasteiger partial charge is 0.390 e. The molecule has 0 amide bonds. The molecular weight excluding hydrogens is 395 g/mol. The van der Waals surface area contributed by atoms with Crippen LogP contribution in [0, 0.1) is 0 Å². The summed E-state index contributed by atoms with van der Waals surface area (Å²) < 4.78 is 70.9. The molecule has 1 aromatic carbocycles. The lowest BCUT2D eigenvalue weighted by molar-refractivity contribution is 0.317. The molecule has 13 heteroatoms. The van der Waals surface area contributed by atoms with Gasteiger partial charge in [0.05, 0.1) is 25.7 Å². The van der Waals surface area contributed by atoms with Crippen LogP contribution in [-0.2, 0) is 33.2 Å². The summed E-state index contributed by atoms with van der Waals surface area (Å²) in [6.07, 6.45) is 1.79. The number of hydrogen-bond acceptors (Lipinski definition) is 8. The Morgan fingerprint density at radius 2 is 1.32 bits per heavy atom. The lowest BCUT2D eigenvalue weighted by Crippen LogP contribution is -2.31. The van der Waals surface area contributed by atoms with Crippen molar-refractivity contribution >= 4 is 27.9 Å². The van der Waals surface area contributed by atoms with E-state index in [1.807, 2.05) is 0 Å². The highest BCUT2D eigenvalue weighted by atomic mass is 32.2. The van der Waals surface area contributed by atoms with Gasteiger partial charge in [-0.05, 0) is 12.1 Å². The lowest BCUT2D eigenvalue weighted by atomic mass is 10.3. The van der Waals surface area contributed by atoms with Crippen molar-refractivity contribution in [3.8, 4) is 5.75 Å². The maximum atomic E-state index is 12.8. The summed E-state index contributed by atoms with van der Waals surface area (Å²) in [5, 5.41) is 5.09. The maximum Gasteiger partial charge on any atom is 0.390 e. The van der Waals surface area contributed by atoms with Crippen molar-refractivity contribution in [2.75, 3.05) is 38.8 Å². The molecule has 0 aromatic heterocycles. The van der Waals surface area contributed by atoms with Crippen LogP contribution in [0.2, 0.25) is 0 Å². The fourth-order valence-corrected chi connectivity index (χ4v) is 3.72. The van der Waals surface area contributed by atoms with Gasteiger partial charge >= 0.3 is 7.67 Å². The van der Waals surface area contributed by atoms with Crippen molar-refractivity contribution in [1.82, 2.24) is 10.2 Å². The highest BCUT2D eigenvalue weighted by Gasteiger charge is 2.24. The van der Waals surface area contributed by atoms with E-state index in [-0.39, 0.29) is 26.3 Å². The molecule has 1 rings (SSSR count). The van der Waals surface area contributed by atoms with E-state index in [0.717, 1.165) is 12.5 Å². The van der Waals surface area contributed by atoms with E-state index in [4.69, 9.17) is 4.52 Å². The largest absolute Gasteiger partial charge is 0.422 e. The molecule has 1 aromatic rings. The van der Waals surface area contributed by atoms with Gasteiger partial charge in [-0.1, -0.05) is 18.2 Å². The van der Waals surface area contributed by atoms with Gasteiger partial charge in [0.25, 0.3) is 20.2 Å². The van der Waals surface area contributed by atoms with E-state index in [2.05, 4.69) is 18.5 Å². The van der Waals surface area contributed by atoms with Gasteiger partial charge in [0, 0.05) is 13.1 Å². The van der Waals surface area contributed by atoms with Crippen molar-refractivity contribution in [1.29, 1.82) is 0 Å². The van der Waals surface area contributed by atoms with E-state index >= 15 is 0 Å². The minimum absolute atomic E-state index is 0.0862. The Bertz CT molecular complexity index is 739. The molecule has 0 aliphatic carbocycles. The van der Waals surface area contributed by atoms with Crippen LogP contribution in [0.3, 0.4) is 0 Å². The molecule has 0 spiro atoms. The first-order chi connectivity index (χ1) is 11.5. The fourth-order valence-electron chi connectivity index (χ4n) is 1.52. The average molecular weight is 416 g/mol. The number of rotatable bonds is 12. The van der Waals surface area contributed by atoms with Crippen molar-refractivity contribution in [3.05, 3.63) is 30.3 Å². The maximum absolute atomic E-state index is 12.8. The Morgan fingerprint density at radius 3 is 1.72 bits per heavy atom.